The second kappa shape index (κ2) is 5.55. The summed E-state index contributed by atoms with van der Waals surface area (Å²) in [5, 5.41) is 3.86. The Morgan fingerprint density at radius 2 is 2.12 bits per heavy atom. The Balaban J connectivity index is 1.59. The molecular weight excluding hydrogens is 320 g/mol. The number of hydrogen-bond donors (Lipinski definition) is 0. The van der Waals surface area contributed by atoms with Gasteiger partial charge in [0.15, 0.2) is 11.6 Å². The van der Waals surface area contributed by atoms with E-state index in [9.17, 15) is 13.6 Å². The van der Waals surface area contributed by atoms with Crippen molar-refractivity contribution in [2.75, 3.05) is 11.4 Å². The first-order chi connectivity index (χ1) is 11.6. The van der Waals surface area contributed by atoms with E-state index >= 15 is 0 Å². The van der Waals surface area contributed by atoms with Crippen molar-refractivity contribution in [3.63, 3.8) is 0 Å². The Bertz CT molecular complexity index is 892. The fourth-order valence-corrected chi connectivity index (χ4v) is 2.71. The largest absolute Gasteiger partial charge is 0.459 e. The first-order valence-corrected chi connectivity index (χ1v) is 7.24. The van der Waals surface area contributed by atoms with Gasteiger partial charge in [0.05, 0.1) is 12.0 Å². The predicted octanol–water partition coefficient (Wildman–Crippen LogP) is 3.13. The van der Waals surface area contributed by atoms with Gasteiger partial charge < -0.3 is 13.8 Å². The SMILES string of the molecule is O=C1CC(c2noc(-c3ccco3)n2)CN1c1cc(F)ccc1F. The molecule has 1 aliphatic heterocycles. The van der Waals surface area contributed by atoms with Gasteiger partial charge >= 0.3 is 0 Å². The van der Waals surface area contributed by atoms with E-state index in [4.69, 9.17) is 8.94 Å². The van der Waals surface area contributed by atoms with Crippen molar-refractivity contribution in [2.45, 2.75) is 12.3 Å². The second-order valence-electron chi connectivity index (χ2n) is 5.44. The van der Waals surface area contributed by atoms with Crippen molar-refractivity contribution in [1.29, 1.82) is 0 Å². The molecular formula is C16H11F2N3O3. The zero-order valence-corrected chi connectivity index (χ0v) is 12.3. The molecule has 1 unspecified atom stereocenters. The number of amides is 1. The molecule has 3 heterocycles. The number of carbonyl (C=O) groups excluding carboxylic acids is 1. The molecule has 6 nitrogen and oxygen atoms in total. The first kappa shape index (κ1) is 14.6. The zero-order valence-electron chi connectivity index (χ0n) is 12.3. The van der Waals surface area contributed by atoms with Crippen LogP contribution >= 0.6 is 0 Å². The highest BCUT2D eigenvalue weighted by Gasteiger charge is 2.36. The summed E-state index contributed by atoms with van der Waals surface area (Å²) in [6.07, 6.45) is 1.57. The highest BCUT2D eigenvalue weighted by atomic mass is 19.1. The van der Waals surface area contributed by atoms with Crippen LogP contribution in [0.3, 0.4) is 0 Å². The highest BCUT2D eigenvalue weighted by molar-refractivity contribution is 5.96. The molecule has 0 radical (unpaired) electrons. The number of rotatable bonds is 3. The Labute approximate surface area is 134 Å². The van der Waals surface area contributed by atoms with E-state index in [1.54, 1.807) is 12.1 Å². The molecule has 1 amide bonds. The van der Waals surface area contributed by atoms with E-state index in [0.29, 0.717) is 11.6 Å². The molecule has 3 aromatic rings. The summed E-state index contributed by atoms with van der Waals surface area (Å²) in [5.41, 5.74) is -0.0859. The smallest absolute Gasteiger partial charge is 0.293 e. The monoisotopic (exact) mass is 331 g/mol. The molecule has 1 fully saturated rings. The normalized spacial score (nSPS) is 17.7. The summed E-state index contributed by atoms with van der Waals surface area (Å²) in [7, 11) is 0. The van der Waals surface area contributed by atoms with Gasteiger partial charge in [-0.3, -0.25) is 4.79 Å². The molecule has 2 aromatic heterocycles. The van der Waals surface area contributed by atoms with Gasteiger partial charge in [0.25, 0.3) is 5.89 Å². The lowest BCUT2D eigenvalue weighted by Gasteiger charge is -2.16. The lowest BCUT2D eigenvalue weighted by molar-refractivity contribution is -0.117. The molecule has 0 spiro atoms. The van der Waals surface area contributed by atoms with Crippen molar-refractivity contribution >= 4 is 11.6 Å². The van der Waals surface area contributed by atoms with Crippen molar-refractivity contribution in [3.8, 4) is 11.7 Å². The average molecular weight is 331 g/mol. The van der Waals surface area contributed by atoms with Crippen molar-refractivity contribution in [1.82, 2.24) is 10.1 Å². The number of anilines is 1. The number of nitrogens with zero attached hydrogens (tertiary/aromatic N) is 3. The van der Waals surface area contributed by atoms with Gasteiger partial charge in [-0.05, 0) is 24.3 Å². The molecule has 1 aromatic carbocycles. The maximum Gasteiger partial charge on any atom is 0.293 e. The van der Waals surface area contributed by atoms with Crippen LogP contribution in [0.1, 0.15) is 18.2 Å². The maximum atomic E-state index is 13.9. The number of benzene rings is 1. The van der Waals surface area contributed by atoms with Crippen LogP contribution in [0.2, 0.25) is 0 Å². The summed E-state index contributed by atoms with van der Waals surface area (Å²) in [5.74, 6) is -1.00. The van der Waals surface area contributed by atoms with Crippen molar-refractivity contribution < 1.29 is 22.5 Å². The van der Waals surface area contributed by atoms with Gasteiger partial charge in [0.2, 0.25) is 5.91 Å². The van der Waals surface area contributed by atoms with Crippen LogP contribution < -0.4 is 4.90 Å². The number of furan rings is 1. The third kappa shape index (κ3) is 2.45. The summed E-state index contributed by atoms with van der Waals surface area (Å²) in [4.78, 5) is 17.6. The molecule has 1 aliphatic rings. The third-order valence-corrected chi connectivity index (χ3v) is 3.86. The van der Waals surface area contributed by atoms with Crippen molar-refractivity contribution in [2.24, 2.45) is 0 Å². The molecule has 4 rings (SSSR count). The summed E-state index contributed by atoms with van der Waals surface area (Å²) >= 11 is 0. The van der Waals surface area contributed by atoms with Gasteiger partial charge in [-0.25, -0.2) is 8.78 Å². The maximum absolute atomic E-state index is 13.9. The molecule has 1 saturated heterocycles. The van der Waals surface area contributed by atoms with E-state index in [2.05, 4.69) is 10.1 Å². The van der Waals surface area contributed by atoms with Gasteiger partial charge in [-0.2, -0.15) is 4.98 Å². The van der Waals surface area contributed by atoms with Gasteiger partial charge in [0, 0.05) is 24.9 Å². The zero-order chi connectivity index (χ0) is 16.7. The number of aromatic nitrogens is 2. The van der Waals surface area contributed by atoms with Gasteiger partial charge in [0.1, 0.15) is 11.6 Å². The Kier molecular flexibility index (Phi) is 3.37. The molecule has 0 saturated carbocycles. The molecule has 0 N–H and O–H groups in total. The summed E-state index contributed by atoms with van der Waals surface area (Å²) in [6.45, 7) is 0.149. The fourth-order valence-electron chi connectivity index (χ4n) is 2.71. The Hall–Kier alpha value is -3.03. The van der Waals surface area contributed by atoms with Crippen LogP contribution in [0.15, 0.2) is 45.5 Å². The van der Waals surface area contributed by atoms with Crippen molar-refractivity contribution in [3.05, 3.63) is 54.1 Å². The standard InChI is InChI=1S/C16H11F2N3O3/c17-10-3-4-11(18)12(7-10)21-8-9(6-14(21)22)15-19-16(24-20-15)13-2-1-5-23-13/h1-5,7,9H,6,8H2. The summed E-state index contributed by atoms with van der Waals surface area (Å²) in [6, 6.07) is 6.36. The van der Waals surface area contributed by atoms with E-state index in [1.807, 2.05) is 0 Å². The van der Waals surface area contributed by atoms with Crippen LogP contribution in [0.5, 0.6) is 0 Å². The van der Waals surface area contributed by atoms with E-state index in [0.717, 1.165) is 18.2 Å². The van der Waals surface area contributed by atoms with Gasteiger partial charge in [-0.15, -0.1) is 0 Å². The number of hydrogen-bond acceptors (Lipinski definition) is 5. The summed E-state index contributed by atoms with van der Waals surface area (Å²) < 4.78 is 37.5. The van der Waals surface area contributed by atoms with E-state index in [1.165, 1.54) is 11.2 Å². The lowest BCUT2D eigenvalue weighted by atomic mass is 10.1. The second-order valence-corrected chi connectivity index (χ2v) is 5.44. The lowest BCUT2D eigenvalue weighted by Crippen LogP contribution is -2.25. The predicted molar refractivity (Wildman–Crippen MR) is 78.1 cm³/mol. The van der Waals surface area contributed by atoms with E-state index in [-0.39, 0.29) is 36.4 Å². The van der Waals surface area contributed by atoms with Crippen LogP contribution in [-0.2, 0) is 4.79 Å². The quantitative estimate of drug-likeness (QED) is 0.737. The average Bonchev–Trinajstić information content (AvgIpc) is 3.28. The molecule has 1 atom stereocenters. The molecule has 122 valence electrons. The number of carbonyl (C=O) groups is 1. The number of halogens is 2. The molecule has 0 aliphatic carbocycles. The Morgan fingerprint density at radius 3 is 2.92 bits per heavy atom. The molecule has 0 bridgehead atoms. The Morgan fingerprint density at radius 1 is 1.25 bits per heavy atom. The highest BCUT2D eigenvalue weighted by Crippen LogP contribution is 2.33. The van der Waals surface area contributed by atoms with Crippen LogP contribution in [0, 0.1) is 11.6 Å². The fraction of sp³-hybridized carbons (Fsp3) is 0.188. The van der Waals surface area contributed by atoms with E-state index < -0.39 is 11.6 Å². The van der Waals surface area contributed by atoms with Crippen LogP contribution in [0.4, 0.5) is 14.5 Å². The van der Waals surface area contributed by atoms with Crippen LogP contribution in [-0.4, -0.2) is 22.6 Å². The minimum atomic E-state index is -0.658. The molecule has 24 heavy (non-hydrogen) atoms. The first-order valence-electron chi connectivity index (χ1n) is 7.24. The van der Waals surface area contributed by atoms with Crippen LogP contribution in [0.25, 0.3) is 11.7 Å². The molecule has 8 heteroatoms. The minimum Gasteiger partial charge on any atom is -0.459 e. The minimum absolute atomic E-state index is 0.0859. The van der Waals surface area contributed by atoms with Gasteiger partial charge in [-0.1, -0.05) is 5.16 Å². The topological polar surface area (TPSA) is 72.4 Å². The third-order valence-electron chi connectivity index (χ3n) is 3.86.